The molecule has 0 fully saturated rings. The van der Waals surface area contributed by atoms with Crippen molar-refractivity contribution in [2.24, 2.45) is 0 Å². The Kier molecular flexibility index (Phi) is 3.07. The lowest BCUT2D eigenvalue weighted by molar-refractivity contribution is 0.867. The van der Waals surface area contributed by atoms with Gasteiger partial charge in [-0.25, -0.2) is 0 Å². The Morgan fingerprint density at radius 1 is 1.31 bits per heavy atom. The Morgan fingerprint density at radius 2 is 2.00 bits per heavy atom. The molecule has 1 rings (SSSR count). The highest BCUT2D eigenvalue weighted by Gasteiger charge is 1.99. The van der Waals surface area contributed by atoms with E-state index in [9.17, 15) is 4.79 Å². The molecule has 2 nitrogen and oxygen atoms in total. The van der Waals surface area contributed by atoms with Gasteiger partial charge in [0.25, 0.3) is 0 Å². The maximum Gasteiger partial charge on any atom is 0.201 e. The van der Waals surface area contributed by atoms with Crippen molar-refractivity contribution >= 4 is 5.69 Å². The van der Waals surface area contributed by atoms with Crippen LogP contribution in [0.2, 0.25) is 0 Å². The molecule has 13 heavy (non-hydrogen) atoms. The van der Waals surface area contributed by atoms with E-state index < -0.39 is 0 Å². The van der Waals surface area contributed by atoms with Gasteiger partial charge in [0.15, 0.2) is 0 Å². The fraction of sp³-hybridized carbons (Fsp3) is 0.364. The summed E-state index contributed by atoms with van der Waals surface area (Å²) < 4.78 is 0. The molecular formula is C11H15NO. The fourth-order valence-electron chi connectivity index (χ4n) is 1.18. The van der Waals surface area contributed by atoms with Crippen LogP contribution in [0.1, 0.15) is 25.3 Å². The van der Waals surface area contributed by atoms with E-state index in [1.54, 1.807) is 19.2 Å². The monoisotopic (exact) mass is 177 g/mol. The van der Waals surface area contributed by atoms with Crippen LogP contribution < -0.4 is 10.7 Å². The summed E-state index contributed by atoms with van der Waals surface area (Å²) in [5.74, 6) is 0.393. The van der Waals surface area contributed by atoms with Crippen molar-refractivity contribution in [1.82, 2.24) is 0 Å². The molecule has 1 N–H and O–H groups in total. The summed E-state index contributed by atoms with van der Waals surface area (Å²) in [5, 5.41) is 2.87. The number of nitrogens with one attached hydrogen (secondary N) is 1. The van der Waals surface area contributed by atoms with Gasteiger partial charge in [0.2, 0.25) is 5.43 Å². The van der Waals surface area contributed by atoms with E-state index >= 15 is 0 Å². The Morgan fingerprint density at radius 3 is 2.54 bits per heavy atom. The molecule has 0 atom stereocenters. The number of anilines is 1. The first-order valence-electron chi connectivity index (χ1n) is 4.47. The summed E-state index contributed by atoms with van der Waals surface area (Å²) >= 11 is 0. The van der Waals surface area contributed by atoms with Gasteiger partial charge in [0, 0.05) is 7.05 Å². The highest BCUT2D eigenvalue weighted by molar-refractivity contribution is 5.42. The van der Waals surface area contributed by atoms with E-state index in [2.05, 4.69) is 19.2 Å². The van der Waals surface area contributed by atoms with E-state index in [-0.39, 0.29) is 5.43 Å². The van der Waals surface area contributed by atoms with Crippen LogP contribution in [0.4, 0.5) is 5.69 Å². The molecular weight excluding hydrogens is 162 g/mol. The van der Waals surface area contributed by atoms with E-state index in [0.29, 0.717) is 11.6 Å². The highest BCUT2D eigenvalue weighted by atomic mass is 16.1. The summed E-state index contributed by atoms with van der Waals surface area (Å²) in [6.45, 7) is 4.15. The van der Waals surface area contributed by atoms with Crippen molar-refractivity contribution in [2.75, 3.05) is 12.4 Å². The minimum Gasteiger partial charge on any atom is -0.385 e. The molecule has 70 valence electrons. The maximum absolute atomic E-state index is 11.5. The quantitative estimate of drug-likeness (QED) is 0.750. The molecule has 0 saturated heterocycles. The van der Waals surface area contributed by atoms with Gasteiger partial charge in [0.1, 0.15) is 0 Å². The Labute approximate surface area is 78.6 Å². The smallest absolute Gasteiger partial charge is 0.201 e. The summed E-state index contributed by atoms with van der Waals surface area (Å²) in [6.07, 6.45) is 0. The van der Waals surface area contributed by atoms with E-state index in [4.69, 9.17) is 0 Å². The summed E-state index contributed by atoms with van der Waals surface area (Å²) in [5.41, 5.74) is 1.77. The van der Waals surface area contributed by atoms with Crippen LogP contribution in [0, 0.1) is 0 Å². The standard InChI is InChI=1S/C11H15NO/c1-8(2)9-5-4-6-10(12-3)11(13)7-9/h4-8H,1-3H3,(H,12,13). The van der Waals surface area contributed by atoms with Crippen molar-refractivity contribution in [3.8, 4) is 0 Å². The Hall–Kier alpha value is -1.31. The zero-order valence-corrected chi connectivity index (χ0v) is 8.29. The average molecular weight is 177 g/mol. The molecule has 1 aromatic rings. The van der Waals surface area contributed by atoms with Gasteiger partial charge >= 0.3 is 0 Å². The number of hydrogen-bond acceptors (Lipinski definition) is 2. The predicted molar refractivity (Wildman–Crippen MR) is 56.3 cm³/mol. The molecule has 0 heterocycles. The first-order valence-corrected chi connectivity index (χ1v) is 4.47. The SMILES string of the molecule is CNc1cccc(C(C)C)cc1=O. The molecule has 0 aromatic heterocycles. The lowest BCUT2D eigenvalue weighted by Gasteiger charge is -1.99. The lowest BCUT2D eigenvalue weighted by atomic mass is 10.1. The first-order chi connectivity index (χ1) is 6.15. The molecule has 0 amide bonds. The van der Waals surface area contributed by atoms with Crippen molar-refractivity contribution in [3.63, 3.8) is 0 Å². The topological polar surface area (TPSA) is 29.1 Å². The van der Waals surface area contributed by atoms with Gasteiger partial charge in [-0.15, -0.1) is 0 Å². The van der Waals surface area contributed by atoms with E-state index in [1.807, 2.05) is 12.1 Å². The zero-order chi connectivity index (χ0) is 9.84. The minimum atomic E-state index is 0.0520. The average Bonchev–Trinajstić information content (AvgIpc) is 2.26. The van der Waals surface area contributed by atoms with E-state index in [1.165, 1.54) is 0 Å². The van der Waals surface area contributed by atoms with Crippen molar-refractivity contribution < 1.29 is 0 Å². The largest absolute Gasteiger partial charge is 0.385 e. The van der Waals surface area contributed by atoms with Gasteiger partial charge in [-0.3, -0.25) is 4.79 Å². The van der Waals surface area contributed by atoms with Crippen LogP contribution >= 0.6 is 0 Å². The summed E-state index contributed by atoms with van der Waals surface area (Å²) in [7, 11) is 1.76. The lowest BCUT2D eigenvalue weighted by Crippen LogP contribution is -2.04. The third kappa shape index (κ3) is 2.31. The molecule has 0 saturated carbocycles. The Bertz CT molecular complexity index is 344. The molecule has 0 unspecified atom stereocenters. The minimum absolute atomic E-state index is 0.0520. The molecule has 1 aromatic carbocycles. The van der Waals surface area contributed by atoms with E-state index in [0.717, 1.165) is 5.56 Å². The Balaban J connectivity index is 3.28. The number of hydrogen-bond donors (Lipinski definition) is 1. The van der Waals surface area contributed by atoms with Crippen LogP contribution in [0.3, 0.4) is 0 Å². The normalized spacial score (nSPS) is 10.2. The molecule has 0 bridgehead atoms. The van der Waals surface area contributed by atoms with Crippen molar-refractivity contribution in [2.45, 2.75) is 19.8 Å². The van der Waals surface area contributed by atoms with Crippen LogP contribution in [-0.2, 0) is 0 Å². The second kappa shape index (κ2) is 4.08. The van der Waals surface area contributed by atoms with Gasteiger partial charge in [0.05, 0.1) is 5.69 Å². The molecule has 0 aliphatic rings. The molecule has 0 spiro atoms. The third-order valence-electron chi connectivity index (χ3n) is 2.05. The van der Waals surface area contributed by atoms with Crippen LogP contribution in [0.15, 0.2) is 29.1 Å². The number of rotatable bonds is 2. The summed E-state index contributed by atoms with van der Waals surface area (Å²) in [6, 6.07) is 7.38. The third-order valence-corrected chi connectivity index (χ3v) is 2.05. The van der Waals surface area contributed by atoms with Gasteiger partial charge in [-0.1, -0.05) is 26.0 Å². The van der Waals surface area contributed by atoms with Crippen LogP contribution in [0.5, 0.6) is 0 Å². The zero-order valence-electron chi connectivity index (χ0n) is 8.29. The van der Waals surface area contributed by atoms with Gasteiger partial charge in [-0.2, -0.15) is 0 Å². The molecule has 0 radical (unpaired) electrons. The first kappa shape index (κ1) is 9.78. The van der Waals surface area contributed by atoms with Crippen molar-refractivity contribution in [3.05, 3.63) is 40.1 Å². The highest BCUT2D eigenvalue weighted by Crippen LogP contribution is 2.11. The molecule has 0 aliphatic carbocycles. The van der Waals surface area contributed by atoms with Crippen LogP contribution in [-0.4, -0.2) is 7.05 Å². The molecule has 2 heteroatoms. The second-order valence-electron chi connectivity index (χ2n) is 3.35. The van der Waals surface area contributed by atoms with Gasteiger partial charge in [-0.05, 0) is 23.6 Å². The fourth-order valence-corrected chi connectivity index (χ4v) is 1.18. The van der Waals surface area contributed by atoms with Crippen molar-refractivity contribution in [1.29, 1.82) is 0 Å². The van der Waals surface area contributed by atoms with Crippen LogP contribution in [0.25, 0.3) is 0 Å². The maximum atomic E-state index is 11.5. The molecule has 0 aliphatic heterocycles. The summed E-state index contributed by atoms with van der Waals surface area (Å²) in [4.78, 5) is 11.5. The second-order valence-corrected chi connectivity index (χ2v) is 3.35. The van der Waals surface area contributed by atoms with Gasteiger partial charge < -0.3 is 5.32 Å². The predicted octanol–water partition coefficient (Wildman–Crippen LogP) is 2.21.